The highest BCUT2D eigenvalue weighted by molar-refractivity contribution is 7.92. The molecule has 0 bridgehead atoms. The second kappa shape index (κ2) is 6.88. The number of benzene rings is 2. The summed E-state index contributed by atoms with van der Waals surface area (Å²) in [6, 6.07) is 13.6. The summed E-state index contributed by atoms with van der Waals surface area (Å²) in [6.45, 7) is 7.67. The number of carbonyl (C=O) groups is 1. The van der Waals surface area contributed by atoms with Crippen molar-refractivity contribution in [2.75, 3.05) is 16.7 Å². The zero-order valence-corrected chi connectivity index (χ0v) is 16.0. The maximum absolute atomic E-state index is 12.8. The number of nitrogens with zero attached hydrogens (tertiary/aromatic N) is 1. The van der Waals surface area contributed by atoms with Crippen LogP contribution in [0.3, 0.4) is 0 Å². The monoisotopic (exact) mass is 360 g/mol. The smallest absolute Gasteiger partial charge is 0.264 e. The van der Waals surface area contributed by atoms with Crippen molar-refractivity contribution >= 4 is 27.3 Å². The largest absolute Gasteiger partial charge is 0.326 e. The van der Waals surface area contributed by atoms with Crippen LogP contribution in [0.2, 0.25) is 0 Å². The van der Waals surface area contributed by atoms with Gasteiger partial charge in [0.25, 0.3) is 10.0 Å². The standard InChI is InChI=1S/C19H24N2O3S/c1-14(22)20-16-8-10-17(11-9-16)21(5)25(23,24)18-12-6-15(7-13-18)19(2,3)4/h6-13H,1-5H3,(H,20,22). The number of hydrogen-bond acceptors (Lipinski definition) is 3. The van der Waals surface area contributed by atoms with Crippen LogP contribution in [-0.2, 0) is 20.2 Å². The average molecular weight is 360 g/mol. The zero-order chi connectivity index (χ0) is 18.8. The molecule has 134 valence electrons. The van der Waals surface area contributed by atoms with Gasteiger partial charge in [0, 0.05) is 19.7 Å². The van der Waals surface area contributed by atoms with Gasteiger partial charge in [0.15, 0.2) is 0 Å². The molecule has 0 fully saturated rings. The van der Waals surface area contributed by atoms with Gasteiger partial charge in [-0.1, -0.05) is 32.9 Å². The van der Waals surface area contributed by atoms with E-state index in [1.165, 1.54) is 18.3 Å². The second-order valence-corrected chi connectivity index (χ2v) is 8.94. The van der Waals surface area contributed by atoms with E-state index in [1.54, 1.807) is 36.4 Å². The molecule has 5 nitrogen and oxygen atoms in total. The van der Waals surface area contributed by atoms with E-state index >= 15 is 0 Å². The molecule has 0 aromatic heterocycles. The zero-order valence-electron chi connectivity index (χ0n) is 15.2. The summed E-state index contributed by atoms with van der Waals surface area (Å²) >= 11 is 0. The van der Waals surface area contributed by atoms with E-state index in [4.69, 9.17) is 0 Å². The SMILES string of the molecule is CC(=O)Nc1ccc(N(C)S(=O)(=O)c2ccc(C(C)(C)C)cc2)cc1. The van der Waals surface area contributed by atoms with Gasteiger partial charge >= 0.3 is 0 Å². The van der Waals surface area contributed by atoms with Gasteiger partial charge in [0.1, 0.15) is 0 Å². The summed E-state index contributed by atoms with van der Waals surface area (Å²) in [5.74, 6) is -0.173. The molecule has 0 saturated heterocycles. The Bertz CT molecular complexity index is 849. The quantitative estimate of drug-likeness (QED) is 0.902. The maximum atomic E-state index is 12.8. The second-order valence-electron chi connectivity index (χ2n) is 6.97. The van der Waals surface area contributed by atoms with E-state index in [2.05, 4.69) is 26.1 Å². The molecule has 0 aliphatic rings. The van der Waals surface area contributed by atoms with Gasteiger partial charge in [-0.2, -0.15) is 0 Å². The normalized spacial score (nSPS) is 11.9. The molecular formula is C19H24N2O3S. The van der Waals surface area contributed by atoms with Gasteiger partial charge in [0.2, 0.25) is 5.91 Å². The van der Waals surface area contributed by atoms with E-state index in [0.717, 1.165) is 5.56 Å². The molecule has 0 heterocycles. The maximum Gasteiger partial charge on any atom is 0.264 e. The number of hydrogen-bond donors (Lipinski definition) is 1. The van der Waals surface area contributed by atoms with Crippen molar-refractivity contribution in [2.45, 2.75) is 38.0 Å². The Kier molecular flexibility index (Phi) is 5.23. The van der Waals surface area contributed by atoms with Crippen LogP contribution in [0.1, 0.15) is 33.3 Å². The molecule has 0 unspecified atom stereocenters. The first-order valence-electron chi connectivity index (χ1n) is 7.99. The number of sulfonamides is 1. The van der Waals surface area contributed by atoms with Gasteiger partial charge in [-0.3, -0.25) is 9.10 Å². The highest BCUT2D eigenvalue weighted by Gasteiger charge is 2.22. The number of amides is 1. The lowest BCUT2D eigenvalue weighted by atomic mass is 9.87. The van der Waals surface area contributed by atoms with Crippen LogP contribution in [0.4, 0.5) is 11.4 Å². The minimum Gasteiger partial charge on any atom is -0.326 e. The van der Waals surface area contributed by atoms with Crippen LogP contribution in [0.5, 0.6) is 0 Å². The van der Waals surface area contributed by atoms with Crippen molar-refractivity contribution in [1.82, 2.24) is 0 Å². The van der Waals surface area contributed by atoms with Crippen molar-refractivity contribution in [3.8, 4) is 0 Å². The summed E-state index contributed by atoms with van der Waals surface area (Å²) in [7, 11) is -2.13. The fraction of sp³-hybridized carbons (Fsp3) is 0.316. The molecule has 0 atom stereocenters. The average Bonchev–Trinajstić information content (AvgIpc) is 2.53. The summed E-state index contributed by atoms with van der Waals surface area (Å²) in [5, 5.41) is 2.65. The Morgan fingerprint density at radius 2 is 1.48 bits per heavy atom. The van der Waals surface area contributed by atoms with E-state index in [-0.39, 0.29) is 16.2 Å². The molecule has 0 aliphatic heterocycles. The third-order valence-electron chi connectivity index (χ3n) is 3.93. The minimum atomic E-state index is -3.64. The molecule has 1 N–H and O–H groups in total. The number of carbonyl (C=O) groups excluding carboxylic acids is 1. The van der Waals surface area contributed by atoms with Crippen LogP contribution in [-0.4, -0.2) is 21.4 Å². The van der Waals surface area contributed by atoms with Crippen molar-refractivity contribution in [2.24, 2.45) is 0 Å². The first-order chi connectivity index (χ1) is 11.5. The molecule has 2 rings (SSSR count). The van der Waals surface area contributed by atoms with Gasteiger partial charge in [0.05, 0.1) is 10.6 Å². The Hall–Kier alpha value is -2.34. The molecule has 0 spiro atoms. The van der Waals surface area contributed by atoms with Crippen molar-refractivity contribution in [3.05, 3.63) is 54.1 Å². The van der Waals surface area contributed by atoms with Crippen LogP contribution in [0.15, 0.2) is 53.4 Å². The van der Waals surface area contributed by atoms with E-state index in [9.17, 15) is 13.2 Å². The first-order valence-corrected chi connectivity index (χ1v) is 9.43. The fourth-order valence-corrected chi connectivity index (χ4v) is 3.58. The van der Waals surface area contributed by atoms with Crippen LogP contribution in [0.25, 0.3) is 0 Å². The molecule has 1 amide bonds. The van der Waals surface area contributed by atoms with Crippen LogP contribution in [0, 0.1) is 0 Å². The topological polar surface area (TPSA) is 66.5 Å². The fourth-order valence-electron chi connectivity index (χ4n) is 2.38. The molecular weight excluding hydrogens is 336 g/mol. The molecule has 0 saturated carbocycles. The number of rotatable bonds is 4. The lowest BCUT2D eigenvalue weighted by Gasteiger charge is -2.22. The van der Waals surface area contributed by atoms with Gasteiger partial charge in [-0.25, -0.2) is 8.42 Å². The Labute approximate surface area is 149 Å². The molecule has 2 aromatic carbocycles. The third kappa shape index (κ3) is 4.39. The summed E-state index contributed by atoms with van der Waals surface area (Å²) in [5.41, 5.74) is 2.19. The Balaban J connectivity index is 2.28. The third-order valence-corrected chi connectivity index (χ3v) is 5.73. The Morgan fingerprint density at radius 1 is 0.960 bits per heavy atom. The van der Waals surface area contributed by atoms with Crippen molar-refractivity contribution in [1.29, 1.82) is 0 Å². The van der Waals surface area contributed by atoms with Crippen LogP contribution < -0.4 is 9.62 Å². The Morgan fingerprint density at radius 3 is 1.92 bits per heavy atom. The number of nitrogens with one attached hydrogen (secondary N) is 1. The lowest BCUT2D eigenvalue weighted by Crippen LogP contribution is -2.26. The van der Waals surface area contributed by atoms with E-state index < -0.39 is 10.0 Å². The summed E-state index contributed by atoms with van der Waals surface area (Å²) in [4.78, 5) is 11.3. The van der Waals surface area contributed by atoms with Crippen LogP contribution >= 0.6 is 0 Å². The molecule has 0 aliphatic carbocycles. The number of anilines is 2. The molecule has 6 heteroatoms. The predicted molar refractivity (Wildman–Crippen MR) is 101 cm³/mol. The summed E-state index contributed by atoms with van der Waals surface area (Å²) < 4.78 is 26.9. The lowest BCUT2D eigenvalue weighted by molar-refractivity contribution is -0.114. The first kappa shape index (κ1) is 19.0. The van der Waals surface area contributed by atoms with E-state index in [0.29, 0.717) is 11.4 Å². The summed E-state index contributed by atoms with van der Waals surface area (Å²) in [6.07, 6.45) is 0. The molecule has 0 radical (unpaired) electrons. The highest BCUT2D eigenvalue weighted by atomic mass is 32.2. The predicted octanol–water partition coefficient (Wildman–Crippen LogP) is 3.77. The van der Waals surface area contributed by atoms with Crippen molar-refractivity contribution < 1.29 is 13.2 Å². The molecule has 2 aromatic rings. The molecule has 25 heavy (non-hydrogen) atoms. The van der Waals surface area contributed by atoms with Gasteiger partial charge in [-0.05, 0) is 47.4 Å². The van der Waals surface area contributed by atoms with E-state index in [1.807, 2.05) is 12.1 Å². The van der Waals surface area contributed by atoms with Gasteiger partial charge in [-0.15, -0.1) is 0 Å². The minimum absolute atomic E-state index is 0.0340. The highest BCUT2D eigenvalue weighted by Crippen LogP contribution is 2.27. The van der Waals surface area contributed by atoms with Crippen molar-refractivity contribution in [3.63, 3.8) is 0 Å². The van der Waals surface area contributed by atoms with Gasteiger partial charge < -0.3 is 5.32 Å².